The fraction of sp³-hybridized carbons (Fsp3) is 0.0625. The highest BCUT2D eigenvalue weighted by molar-refractivity contribution is 5.94. The van der Waals surface area contributed by atoms with Gasteiger partial charge in [0.25, 0.3) is 5.69 Å². The Hall–Kier alpha value is -3.15. The van der Waals surface area contributed by atoms with Crippen LogP contribution >= 0.6 is 0 Å². The minimum absolute atomic E-state index is 0.0630. The van der Waals surface area contributed by atoms with E-state index in [1.807, 2.05) is 24.3 Å². The predicted octanol–water partition coefficient (Wildman–Crippen LogP) is 3.43. The van der Waals surface area contributed by atoms with Gasteiger partial charge in [-0.3, -0.25) is 10.1 Å². The average Bonchev–Trinajstić information content (AvgIpc) is 2.97. The van der Waals surface area contributed by atoms with E-state index in [0.717, 1.165) is 10.9 Å². The number of para-hydroxylation sites is 2. The number of ether oxygens (including phenoxy) is 1. The zero-order chi connectivity index (χ0) is 15.5. The highest BCUT2D eigenvalue weighted by Gasteiger charge is 2.16. The van der Waals surface area contributed by atoms with Crippen molar-refractivity contribution in [1.82, 2.24) is 4.98 Å². The maximum atomic E-state index is 12.0. The van der Waals surface area contributed by atoms with E-state index in [-0.39, 0.29) is 12.3 Å². The Balaban J connectivity index is 1.76. The smallest absolute Gasteiger partial charge is 0.355 e. The summed E-state index contributed by atoms with van der Waals surface area (Å²) in [6.07, 6.45) is 0. The van der Waals surface area contributed by atoms with Crippen LogP contribution in [0.1, 0.15) is 16.1 Å². The molecule has 2 aromatic carbocycles. The van der Waals surface area contributed by atoms with Gasteiger partial charge in [0, 0.05) is 17.0 Å². The Morgan fingerprint density at radius 1 is 1.14 bits per heavy atom. The lowest BCUT2D eigenvalue weighted by Gasteiger charge is -2.04. The third kappa shape index (κ3) is 2.67. The number of nitrogens with one attached hydrogen (secondary N) is 1. The lowest BCUT2D eigenvalue weighted by atomic mass is 10.2. The largest absolute Gasteiger partial charge is 0.456 e. The van der Waals surface area contributed by atoms with Crippen LogP contribution in [0.3, 0.4) is 0 Å². The van der Waals surface area contributed by atoms with E-state index < -0.39 is 10.9 Å². The molecule has 6 heteroatoms. The standard InChI is InChI=1S/C16H12N2O4/c19-16(14-9-11-5-1-3-7-13(11)17-14)22-10-12-6-2-4-8-15(12)18(20)21/h1-9,17H,10H2. The first-order valence-corrected chi connectivity index (χ1v) is 6.62. The van der Waals surface area contributed by atoms with E-state index in [1.54, 1.807) is 24.3 Å². The molecule has 110 valence electrons. The molecule has 0 saturated carbocycles. The van der Waals surface area contributed by atoms with Crippen LogP contribution in [0.5, 0.6) is 0 Å². The first kappa shape index (κ1) is 13.8. The number of esters is 1. The molecule has 1 heterocycles. The summed E-state index contributed by atoms with van der Waals surface area (Å²) >= 11 is 0. The van der Waals surface area contributed by atoms with Crippen molar-refractivity contribution in [1.29, 1.82) is 0 Å². The number of aromatic nitrogens is 1. The number of H-pyrrole nitrogens is 1. The summed E-state index contributed by atoms with van der Waals surface area (Å²) in [6, 6.07) is 15.3. The van der Waals surface area contributed by atoms with E-state index in [0.29, 0.717) is 11.3 Å². The minimum Gasteiger partial charge on any atom is -0.456 e. The van der Waals surface area contributed by atoms with Crippen molar-refractivity contribution in [2.75, 3.05) is 0 Å². The number of carbonyl (C=O) groups excluding carboxylic acids is 1. The number of nitrogens with zero attached hydrogens (tertiary/aromatic N) is 1. The van der Waals surface area contributed by atoms with Crippen molar-refractivity contribution < 1.29 is 14.5 Å². The highest BCUT2D eigenvalue weighted by Crippen LogP contribution is 2.20. The molecular weight excluding hydrogens is 284 g/mol. The first-order valence-electron chi connectivity index (χ1n) is 6.62. The van der Waals surface area contributed by atoms with Crippen molar-refractivity contribution in [3.05, 3.63) is 76.0 Å². The van der Waals surface area contributed by atoms with Gasteiger partial charge in [-0.05, 0) is 18.2 Å². The summed E-state index contributed by atoms with van der Waals surface area (Å²) < 4.78 is 5.16. The number of benzene rings is 2. The van der Waals surface area contributed by atoms with Crippen LogP contribution < -0.4 is 0 Å². The predicted molar refractivity (Wildman–Crippen MR) is 80.5 cm³/mol. The Morgan fingerprint density at radius 3 is 2.64 bits per heavy atom. The lowest BCUT2D eigenvalue weighted by molar-refractivity contribution is -0.385. The second-order valence-corrected chi connectivity index (χ2v) is 4.73. The van der Waals surface area contributed by atoms with Crippen LogP contribution in [0, 0.1) is 10.1 Å². The van der Waals surface area contributed by atoms with Crippen molar-refractivity contribution >= 4 is 22.6 Å². The molecule has 0 unspecified atom stereocenters. The number of rotatable bonds is 4. The molecule has 3 aromatic rings. The van der Waals surface area contributed by atoms with Crippen LogP contribution in [0.2, 0.25) is 0 Å². The summed E-state index contributed by atoms with van der Waals surface area (Å²) in [5.41, 5.74) is 1.45. The molecule has 0 aliphatic carbocycles. The zero-order valence-corrected chi connectivity index (χ0v) is 11.5. The molecule has 0 spiro atoms. The fourth-order valence-corrected chi connectivity index (χ4v) is 2.22. The van der Waals surface area contributed by atoms with Gasteiger partial charge in [0.05, 0.1) is 10.5 Å². The number of hydrogen-bond donors (Lipinski definition) is 1. The molecule has 1 N–H and O–H groups in total. The van der Waals surface area contributed by atoms with Gasteiger partial charge in [0.2, 0.25) is 0 Å². The van der Waals surface area contributed by atoms with Crippen LogP contribution in [0.25, 0.3) is 10.9 Å². The van der Waals surface area contributed by atoms with Crippen molar-refractivity contribution in [2.45, 2.75) is 6.61 Å². The molecule has 0 atom stereocenters. The van der Waals surface area contributed by atoms with Crippen molar-refractivity contribution in [3.63, 3.8) is 0 Å². The molecule has 0 radical (unpaired) electrons. The lowest BCUT2D eigenvalue weighted by Crippen LogP contribution is -2.06. The van der Waals surface area contributed by atoms with Gasteiger partial charge < -0.3 is 9.72 Å². The number of carbonyl (C=O) groups is 1. The van der Waals surface area contributed by atoms with Gasteiger partial charge in [0.15, 0.2) is 0 Å². The summed E-state index contributed by atoms with van der Waals surface area (Å²) in [4.78, 5) is 25.4. The van der Waals surface area contributed by atoms with Gasteiger partial charge in [-0.15, -0.1) is 0 Å². The first-order chi connectivity index (χ1) is 10.6. The number of nitro groups is 1. The maximum absolute atomic E-state index is 12.0. The highest BCUT2D eigenvalue weighted by atomic mass is 16.6. The Labute approximate surface area is 125 Å². The molecule has 1 aromatic heterocycles. The second-order valence-electron chi connectivity index (χ2n) is 4.73. The van der Waals surface area contributed by atoms with E-state index >= 15 is 0 Å². The molecule has 0 fully saturated rings. The normalized spacial score (nSPS) is 10.5. The molecule has 6 nitrogen and oxygen atoms in total. The molecule has 22 heavy (non-hydrogen) atoms. The van der Waals surface area contributed by atoms with E-state index in [4.69, 9.17) is 4.74 Å². The van der Waals surface area contributed by atoms with Crippen LogP contribution in [-0.2, 0) is 11.3 Å². The van der Waals surface area contributed by atoms with Crippen LogP contribution in [0.4, 0.5) is 5.69 Å². The summed E-state index contributed by atoms with van der Waals surface area (Å²) in [7, 11) is 0. The molecular formula is C16H12N2O4. The van der Waals surface area contributed by atoms with E-state index in [1.165, 1.54) is 6.07 Å². The maximum Gasteiger partial charge on any atom is 0.355 e. The zero-order valence-electron chi connectivity index (χ0n) is 11.5. The Kier molecular flexibility index (Phi) is 3.57. The van der Waals surface area contributed by atoms with Gasteiger partial charge in [0.1, 0.15) is 12.3 Å². The monoisotopic (exact) mass is 296 g/mol. The Bertz CT molecular complexity index is 821. The summed E-state index contributed by atoms with van der Waals surface area (Å²) in [5, 5.41) is 11.8. The van der Waals surface area contributed by atoms with E-state index in [9.17, 15) is 14.9 Å². The third-order valence-electron chi connectivity index (χ3n) is 3.30. The molecule has 0 saturated heterocycles. The topological polar surface area (TPSA) is 85.2 Å². The SMILES string of the molecule is O=C(OCc1ccccc1[N+](=O)[O-])c1cc2ccccc2[nH]1. The quantitative estimate of drug-likeness (QED) is 0.454. The summed E-state index contributed by atoms with van der Waals surface area (Å²) in [5.74, 6) is -0.547. The number of aromatic amines is 1. The van der Waals surface area contributed by atoms with Crippen LogP contribution in [0.15, 0.2) is 54.6 Å². The van der Waals surface area contributed by atoms with Crippen molar-refractivity contribution in [3.8, 4) is 0 Å². The number of hydrogen-bond acceptors (Lipinski definition) is 4. The average molecular weight is 296 g/mol. The molecule has 0 aliphatic heterocycles. The second kappa shape index (κ2) is 5.69. The van der Waals surface area contributed by atoms with Gasteiger partial charge in [-0.25, -0.2) is 4.79 Å². The number of fused-ring (bicyclic) bond motifs is 1. The third-order valence-corrected chi connectivity index (χ3v) is 3.30. The fourth-order valence-electron chi connectivity index (χ4n) is 2.22. The minimum atomic E-state index is -0.547. The van der Waals surface area contributed by atoms with Crippen molar-refractivity contribution in [2.24, 2.45) is 0 Å². The molecule has 0 bridgehead atoms. The molecule has 0 aliphatic rings. The van der Waals surface area contributed by atoms with Gasteiger partial charge >= 0.3 is 5.97 Å². The molecule has 0 amide bonds. The molecule has 3 rings (SSSR count). The summed E-state index contributed by atoms with van der Waals surface area (Å²) in [6.45, 7) is -0.147. The van der Waals surface area contributed by atoms with E-state index in [2.05, 4.69) is 4.98 Å². The van der Waals surface area contributed by atoms with Gasteiger partial charge in [-0.2, -0.15) is 0 Å². The van der Waals surface area contributed by atoms with Crippen LogP contribution in [-0.4, -0.2) is 15.9 Å². The number of nitro benzene ring substituents is 1. The Morgan fingerprint density at radius 2 is 1.86 bits per heavy atom. The van der Waals surface area contributed by atoms with Gasteiger partial charge in [-0.1, -0.05) is 30.3 Å².